The van der Waals surface area contributed by atoms with Crippen molar-refractivity contribution in [1.82, 2.24) is 0 Å². The van der Waals surface area contributed by atoms with Gasteiger partial charge in [-0.1, -0.05) is 30.7 Å². The van der Waals surface area contributed by atoms with Gasteiger partial charge in [-0.15, -0.1) is 0 Å². The average molecular weight is 471 g/mol. The Labute approximate surface area is 188 Å². The first-order chi connectivity index (χ1) is 15.1. The van der Waals surface area contributed by atoms with Crippen molar-refractivity contribution >= 4 is 40.8 Å². The molecule has 0 aliphatic heterocycles. The minimum absolute atomic E-state index is 0.0406. The van der Waals surface area contributed by atoms with Crippen LogP contribution in [-0.2, 0) is 31.7 Å². The van der Waals surface area contributed by atoms with Gasteiger partial charge in [-0.05, 0) is 48.7 Å². The number of alkyl halides is 3. The molecule has 2 amide bonds. The van der Waals surface area contributed by atoms with Crippen molar-refractivity contribution in [3.8, 4) is 0 Å². The molecule has 2 rings (SSSR count). The van der Waals surface area contributed by atoms with Gasteiger partial charge < -0.3 is 15.4 Å². The second-order valence-corrected chi connectivity index (χ2v) is 7.26. The molecule has 172 valence electrons. The molecular weight excluding hydrogens is 449 g/mol. The number of hydrogen-bond donors (Lipinski definition) is 2. The van der Waals surface area contributed by atoms with Gasteiger partial charge in [-0.25, -0.2) is 0 Å². The molecule has 0 radical (unpaired) electrons. The average Bonchev–Trinajstić information content (AvgIpc) is 2.73. The van der Waals surface area contributed by atoms with E-state index in [0.717, 1.165) is 30.2 Å². The summed E-state index contributed by atoms with van der Waals surface area (Å²) in [5, 5.41) is 4.85. The van der Waals surface area contributed by atoms with E-state index in [2.05, 4.69) is 10.6 Å². The molecule has 32 heavy (non-hydrogen) atoms. The smallest absolute Gasteiger partial charge is 0.416 e. The van der Waals surface area contributed by atoms with Gasteiger partial charge in [0.25, 0.3) is 5.91 Å². The van der Waals surface area contributed by atoms with E-state index >= 15 is 0 Å². The lowest BCUT2D eigenvalue weighted by Crippen LogP contribution is -2.21. The van der Waals surface area contributed by atoms with Gasteiger partial charge in [0.15, 0.2) is 6.61 Å². The molecule has 0 saturated heterocycles. The van der Waals surface area contributed by atoms with E-state index in [1.54, 1.807) is 12.1 Å². The number of rotatable bonds is 9. The maximum absolute atomic E-state index is 12.8. The lowest BCUT2D eigenvalue weighted by Gasteiger charge is -2.11. The largest absolute Gasteiger partial charge is 0.456 e. The minimum atomic E-state index is -4.57. The molecule has 2 N–H and O–H groups in total. The van der Waals surface area contributed by atoms with Crippen LogP contribution in [0.5, 0.6) is 0 Å². The summed E-state index contributed by atoms with van der Waals surface area (Å²) in [6, 6.07) is 9.83. The van der Waals surface area contributed by atoms with E-state index in [-0.39, 0.29) is 30.0 Å². The molecule has 0 aromatic heterocycles. The zero-order chi connectivity index (χ0) is 23.7. The number of halogens is 4. The maximum atomic E-state index is 12.8. The van der Waals surface area contributed by atoms with E-state index < -0.39 is 36.1 Å². The summed E-state index contributed by atoms with van der Waals surface area (Å²) in [6.07, 6.45) is -3.89. The monoisotopic (exact) mass is 470 g/mol. The number of anilines is 2. The van der Waals surface area contributed by atoms with E-state index in [9.17, 15) is 27.6 Å². The Morgan fingerprint density at radius 1 is 0.969 bits per heavy atom. The standard InChI is InChI=1S/C22H22ClF3N2O4/c1-2-14-6-9-16(10-7-14)27-20(30)13-32-21(31)5-3-4-19(29)28-18-12-15(22(24,25)26)8-11-17(18)23/h6-12H,2-5,13H2,1H3,(H,27,30)(H,28,29). The van der Waals surface area contributed by atoms with Crippen LogP contribution in [0.2, 0.25) is 5.02 Å². The topological polar surface area (TPSA) is 84.5 Å². The van der Waals surface area contributed by atoms with Crippen LogP contribution in [0.15, 0.2) is 42.5 Å². The first-order valence-electron chi connectivity index (χ1n) is 9.79. The second kappa shape index (κ2) is 11.5. The first kappa shape index (κ1) is 25.2. The van der Waals surface area contributed by atoms with Crippen molar-refractivity contribution in [3.05, 3.63) is 58.6 Å². The Hall–Kier alpha value is -3.07. The fraction of sp³-hybridized carbons (Fsp3) is 0.318. The highest BCUT2D eigenvalue weighted by Crippen LogP contribution is 2.33. The highest BCUT2D eigenvalue weighted by molar-refractivity contribution is 6.33. The van der Waals surface area contributed by atoms with Crippen LogP contribution in [-0.4, -0.2) is 24.4 Å². The van der Waals surface area contributed by atoms with Crippen LogP contribution in [0.4, 0.5) is 24.5 Å². The van der Waals surface area contributed by atoms with Crippen molar-refractivity contribution in [2.75, 3.05) is 17.2 Å². The fourth-order valence-electron chi connectivity index (χ4n) is 2.64. The third-order valence-corrected chi connectivity index (χ3v) is 4.69. The number of nitrogens with one attached hydrogen (secondary N) is 2. The van der Waals surface area contributed by atoms with Gasteiger partial charge in [0.1, 0.15) is 0 Å². The Balaban J connectivity index is 1.71. The number of carbonyl (C=O) groups excluding carboxylic acids is 3. The Kier molecular flexibility index (Phi) is 9.07. The summed E-state index contributed by atoms with van der Waals surface area (Å²) >= 11 is 5.82. The number of esters is 1. The van der Waals surface area contributed by atoms with Crippen LogP contribution < -0.4 is 10.6 Å². The van der Waals surface area contributed by atoms with Gasteiger partial charge in [0, 0.05) is 18.5 Å². The van der Waals surface area contributed by atoms with E-state index in [1.807, 2.05) is 19.1 Å². The van der Waals surface area contributed by atoms with E-state index in [1.165, 1.54) is 0 Å². The summed E-state index contributed by atoms with van der Waals surface area (Å²) in [4.78, 5) is 35.5. The summed E-state index contributed by atoms with van der Waals surface area (Å²) in [6.45, 7) is 1.54. The van der Waals surface area contributed by atoms with E-state index in [0.29, 0.717) is 5.69 Å². The normalized spacial score (nSPS) is 11.0. The molecule has 2 aromatic rings. The summed E-state index contributed by atoms with van der Waals surface area (Å²) in [5.41, 5.74) is 0.583. The molecule has 0 bridgehead atoms. The second-order valence-electron chi connectivity index (χ2n) is 6.85. The van der Waals surface area contributed by atoms with Crippen LogP contribution in [0.25, 0.3) is 0 Å². The highest BCUT2D eigenvalue weighted by Gasteiger charge is 2.31. The number of hydrogen-bond acceptors (Lipinski definition) is 4. The molecule has 0 atom stereocenters. The van der Waals surface area contributed by atoms with Crippen molar-refractivity contribution in [2.24, 2.45) is 0 Å². The first-order valence-corrected chi connectivity index (χ1v) is 10.2. The fourth-order valence-corrected chi connectivity index (χ4v) is 2.81. The van der Waals surface area contributed by atoms with Crippen molar-refractivity contribution in [3.63, 3.8) is 0 Å². The molecule has 0 spiro atoms. The van der Waals surface area contributed by atoms with Gasteiger partial charge in [0.2, 0.25) is 5.91 Å². The summed E-state index contributed by atoms with van der Waals surface area (Å²) in [7, 11) is 0. The third-order valence-electron chi connectivity index (χ3n) is 4.36. The van der Waals surface area contributed by atoms with Crippen molar-refractivity contribution < 1.29 is 32.3 Å². The summed E-state index contributed by atoms with van der Waals surface area (Å²) in [5.74, 6) is -1.78. The lowest BCUT2D eigenvalue weighted by molar-refractivity contribution is -0.147. The third kappa shape index (κ3) is 8.22. The van der Waals surface area contributed by atoms with Crippen LogP contribution >= 0.6 is 11.6 Å². The number of aryl methyl sites for hydroxylation is 1. The quantitative estimate of drug-likeness (QED) is 0.492. The molecule has 0 aliphatic rings. The Morgan fingerprint density at radius 3 is 2.28 bits per heavy atom. The van der Waals surface area contributed by atoms with E-state index in [4.69, 9.17) is 16.3 Å². The molecule has 0 fully saturated rings. The van der Waals surface area contributed by atoms with Crippen LogP contribution in [0, 0.1) is 0 Å². The predicted molar refractivity (Wildman–Crippen MR) is 114 cm³/mol. The number of benzene rings is 2. The molecule has 0 unspecified atom stereocenters. The number of ether oxygens (including phenoxy) is 1. The molecule has 0 saturated carbocycles. The highest BCUT2D eigenvalue weighted by atomic mass is 35.5. The van der Waals surface area contributed by atoms with Gasteiger partial charge in [0.05, 0.1) is 16.3 Å². The lowest BCUT2D eigenvalue weighted by atomic mass is 10.1. The Morgan fingerprint density at radius 2 is 1.66 bits per heavy atom. The van der Waals surface area contributed by atoms with Crippen molar-refractivity contribution in [2.45, 2.75) is 38.8 Å². The SMILES string of the molecule is CCc1ccc(NC(=O)COC(=O)CCCC(=O)Nc2cc(C(F)(F)F)ccc2Cl)cc1. The van der Waals surface area contributed by atoms with Gasteiger partial charge in [-0.2, -0.15) is 13.2 Å². The summed E-state index contributed by atoms with van der Waals surface area (Å²) < 4.78 is 43.2. The minimum Gasteiger partial charge on any atom is -0.456 e. The molecule has 10 heteroatoms. The Bertz CT molecular complexity index is 963. The van der Waals surface area contributed by atoms with Crippen LogP contribution in [0.1, 0.15) is 37.3 Å². The zero-order valence-electron chi connectivity index (χ0n) is 17.2. The van der Waals surface area contributed by atoms with Crippen molar-refractivity contribution in [1.29, 1.82) is 0 Å². The molecule has 6 nitrogen and oxygen atoms in total. The maximum Gasteiger partial charge on any atom is 0.416 e. The number of amides is 2. The number of carbonyl (C=O) groups is 3. The van der Waals surface area contributed by atoms with Gasteiger partial charge >= 0.3 is 12.1 Å². The molecule has 0 aliphatic carbocycles. The van der Waals surface area contributed by atoms with Gasteiger partial charge in [-0.3, -0.25) is 14.4 Å². The van der Waals surface area contributed by atoms with Crippen LogP contribution in [0.3, 0.4) is 0 Å². The molecule has 2 aromatic carbocycles. The molecule has 0 heterocycles. The zero-order valence-corrected chi connectivity index (χ0v) is 18.0. The molecular formula is C22H22ClF3N2O4. The predicted octanol–water partition coefficient (Wildman–Crippen LogP) is 5.21.